The average Bonchev–Trinajstić information content (AvgIpc) is 2.73. The fraction of sp³-hybridized carbons (Fsp3) is 0.182. The van der Waals surface area contributed by atoms with Crippen LogP contribution in [0.25, 0.3) is 0 Å². The normalized spacial score (nSPS) is 13.6. The first-order valence-electron chi connectivity index (χ1n) is 8.98. The van der Waals surface area contributed by atoms with E-state index in [1.165, 1.54) is 10.6 Å². The third-order valence-electron chi connectivity index (χ3n) is 4.40. The first-order chi connectivity index (χ1) is 13.7. The number of hydrogen-bond donors (Lipinski definition) is 2. The third-order valence-corrected chi connectivity index (χ3v) is 7.76. The maximum Gasteiger partial charge on any atom is 0.327 e. The van der Waals surface area contributed by atoms with Gasteiger partial charge in [0.1, 0.15) is 6.10 Å². The second-order valence-corrected chi connectivity index (χ2v) is 9.29. The van der Waals surface area contributed by atoms with Crippen LogP contribution in [0.15, 0.2) is 91.0 Å². The summed E-state index contributed by atoms with van der Waals surface area (Å²) in [6, 6.07) is 30.7. The molecule has 0 bridgehead atoms. The highest BCUT2D eigenvalue weighted by Crippen LogP contribution is 2.53. The molecule has 0 aromatic heterocycles. The van der Waals surface area contributed by atoms with Crippen molar-refractivity contribution in [3.63, 3.8) is 0 Å². The summed E-state index contributed by atoms with van der Waals surface area (Å²) >= 11 is 0. The van der Waals surface area contributed by atoms with E-state index in [0.717, 1.165) is 5.56 Å². The highest BCUT2D eigenvalue weighted by molar-refractivity contribution is 7.73. The molecule has 6 heteroatoms. The van der Waals surface area contributed by atoms with Gasteiger partial charge in [0.15, 0.2) is 0 Å². The summed E-state index contributed by atoms with van der Waals surface area (Å²) in [5.74, 6) is 0. The van der Waals surface area contributed by atoms with E-state index < -0.39 is 22.6 Å². The molecule has 0 aliphatic heterocycles. The Bertz CT molecular complexity index is 776. The van der Waals surface area contributed by atoms with Gasteiger partial charge in [0.05, 0.1) is 6.61 Å². The van der Waals surface area contributed by atoms with Gasteiger partial charge in [0.25, 0.3) is 0 Å². The second-order valence-electron chi connectivity index (χ2n) is 6.25. The van der Waals surface area contributed by atoms with Crippen LogP contribution in [-0.2, 0) is 9.26 Å². The minimum atomic E-state index is -2.51. The first-order valence-corrected chi connectivity index (χ1v) is 11.6. The molecule has 0 heterocycles. The maximum absolute atomic E-state index is 9.62. The van der Waals surface area contributed by atoms with Gasteiger partial charge in [0, 0.05) is 12.8 Å². The topological polar surface area (TPSA) is 58.9 Å². The Morgan fingerprint density at radius 3 is 1.64 bits per heavy atom. The van der Waals surface area contributed by atoms with Crippen LogP contribution in [0, 0.1) is 0 Å². The molecule has 0 fully saturated rings. The molecule has 4 nitrogen and oxygen atoms in total. The summed E-state index contributed by atoms with van der Waals surface area (Å²) in [5.41, 5.74) is 0.977. The Morgan fingerprint density at radius 1 is 0.750 bits per heavy atom. The first kappa shape index (κ1) is 21.1. The van der Waals surface area contributed by atoms with Crippen molar-refractivity contribution in [3.8, 4) is 0 Å². The fourth-order valence-electron chi connectivity index (χ4n) is 3.29. The zero-order valence-electron chi connectivity index (χ0n) is 15.6. The molecular formula is C22H24O4P2. The van der Waals surface area contributed by atoms with Crippen LogP contribution in [0.4, 0.5) is 0 Å². The highest BCUT2D eigenvalue weighted by atomic mass is 31.2. The molecule has 0 saturated heterocycles. The summed E-state index contributed by atoms with van der Waals surface area (Å²) in [5, 5.41) is 2.39. The van der Waals surface area contributed by atoms with Gasteiger partial charge in [-0.15, -0.1) is 0 Å². The molecular weight excluding hydrogens is 390 g/mol. The number of rotatable bonds is 9. The molecule has 0 aliphatic rings. The number of hydrogen-bond acceptors (Lipinski definition) is 4. The van der Waals surface area contributed by atoms with E-state index in [2.05, 4.69) is 36.4 Å². The lowest BCUT2D eigenvalue weighted by atomic mass is 10.1. The van der Waals surface area contributed by atoms with Gasteiger partial charge in [-0.2, -0.15) is 0 Å². The minimum Gasteiger partial charge on any atom is -0.382 e. The summed E-state index contributed by atoms with van der Waals surface area (Å²) in [4.78, 5) is 19.2. The minimum absolute atomic E-state index is 0.106. The quantitative estimate of drug-likeness (QED) is 0.518. The Labute approximate surface area is 168 Å². The Balaban J connectivity index is 2.16. The van der Waals surface area contributed by atoms with Crippen molar-refractivity contribution < 1.29 is 19.0 Å². The van der Waals surface area contributed by atoms with Gasteiger partial charge in [-0.3, -0.25) is 0 Å². The summed E-state index contributed by atoms with van der Waals surface area (Å²) < 4.78 is 11.0. The monoisotopic (exact) mass is 414 g/mol. The zero-order valence-corrected chi connectivity index (χ0v) is 17.4. The molecule has 3 rings (SSSR count). The molecule has 2 N–H and O–H groups in total. The fourth-order valence-corrected chi connectivity index (χ4v) is 6.69. The van der Waals surface area contributed by atoms with Gasteiger partial charge < -0.3 is 19.0 Å². The van der Waals surface area contributed by atoms with Crippen molar-refractivity contribution in [1.29, 1.82) is 0 Å². The van der Waals surface area contributed by atoms with E-state index >= 15 is 0 Å². The average molecular weight is 414 g/mol. The lowest BCUT2D eigenvalue weighted by molar-refractivity contribution is 0.0694. The van der Waals surface area contributed by atoms with Crippen molar-refractivity contribution >= 4 is 27.1 Å². The van der Waals surface area contributed by atoms with Crippen LogP contribution >= 0.6 is 16.5 Å². The molecule has 3 aromatic carbocycles. The lowest BCUT2D eigenvalue weighted by Gasteiger charge is -2.34. The van der Waals surface area contributed by atoms with Crippen molar-refractivity contribution in [2.24, 2.45) is 0 Å². The SMILES string of the molecule is COC[C@H](OP(O)O)[C@@H](c1ccccc1)P(c1ccccc1)c1ccccc1. The van der Waals surface area contributed by atoms with Crippen LogP contribution in [0.1, 0.15) is 11.2 Å². The predicted molar refractivity (Wildman–Crippen MR) is 116 cm³/mol. The lowest BCUT2D eigenvalue weighted by Crippen LogP contribution is -2.30. The standard InChI is InChI=1S/C22H24O4P2/c1-25-17-21(26-28(23)24)22(18-11-5-2-6-12-18)27(19-13-7-3-8-14-19)20-15-9-4-10-16-20/h2-16,21-24H,17H2,1H3/t21-,22+/m0/s1. The number of methoxy groups -OCH3 is 1. The highest BCUT2D eigenvalue weighted by Gasteiger charge is 2.35. The molecule has 0 unspecified atom stereocenters. The van der Waals surface area contributed by atoms with Crippen LogP contribution in [-0.4, -0.2) is 29.6 Å². The van der Waals surface area contributed by atoms with E-state index in [0.29, 0.717) is 0 Å². The molecule has 2 atom stereocenters. The molecule has 0 saturated carbocycles. The van der Waals surface area contributed by atoms with Crippen LogP contribution < -0.4 is 10.6 Å². The predicted octanol–water partition coefficient (Wildman–Crippen LogP) is 4.10. The molecule has 0 amide bonds. The largest absolute Gasteiger partial charge is 0.382 e. The molecule has 146 valence electrons. The molecule has 0 radical (unpaired) electrons. The second kappa shape index (κ2) is 10.8. The maximum atomic E-state index is 9.62. The van der Waals surface area contributed by atoms with Gasteiger partial charge in [-0.1, -0.05) is 91.0 Å². The van der Waals surface area contributed by atoms with E-state index in [-0.39, 0.29) is 12.3 Å². The van der Waals surface area contributed by atoms with Crippen molar-refractivity contribution in [2.45, 2.75) is 11.8 Å². The third kappa shape index (κ3) is 5.46. The van der Waals surface area contributed by atoms with E-state index in [1.807, 2.05) is 54.6 Å². The molecule has 28 heavy (non-hydrogen) atoms. The van der Waals surface area contributed by atoms with Gasteiger partial charge in [-0.05, 0) is 24.1 Å². The van der Waals surface area contributed by atoms with Gasteiger partial charge in [-0.25, -0.2) is 0 Å². The summed E-state index contributed by atoms with van der Waals surface area (Å²) in [7, 11) is -1.80. The van der Waals surface area contributed by atoms with Crippen LogP contribution in [0.5, 0.6) is 0 Å². The van der Waals surface area contributed by atoms with Crippen LogP contribution in [0.3, 0.4) is 0 Å². The summed E-state index contributed by atoms with van der Waals surface area (Å²) in [6.45, 7) is 0.262. The van der Waals surface area contributed by atoms with Crippen molar-refractivity contribution in [2.75, 3.05) is 13.7 Å². The molecule has 3 aromatic rings. The molecule has 0 spiro atoms. The smallest absolute Gasteiger partial charge is 0.327 e. The van der Waals surface area contributed by atoms with Crippen molar-refractivity contribution in [3.05, 3.63) is 96.6 Å². The number of benzene rings is 3. The van der Waals surface area contributed by atoms with Crippen LogP contribution in [0.2, 0.25) is 0 Å². The Kier molecular flexibility index (Phi) is 8.12. The summed E-state index contributed by atoms with van der Waals surface area (Å²) in [6.07, 6.45) is -0.500. The zero-order chi connectivity index (χ0) is 19.8. The Hall–Kier alpha value is -1.64. The Morgan fingerprint density at radius 2 is 1.21 bits per heavy atom. The van der Waals surface area contributed by atoms with E-state index in [1.54, 1.807) is 7.11 Å². The number of ether oxygens (including phenoxy) is 1. The van der Waals surface area contributed by atoms with Gasteiger partial charge in [0.2, 0.25) is 0 Å². The van der Waals surface area contributed by atoms with Crippen molar-refractivity contribution in [1.82, 2.24) is 0 Å². The van der Waals surface area contributed by atoms with E-state index in [9.17, 15) is 9.79 Å². The van der Waals surface area contributed by atoms with Gasteiger partial charge >= 0.3 is 8.60 Å². The molecule has 0 aliphatic carbocycles. The van der Waals surface area contributed by atoms with E-state index in [4.69, 9.17) is 9.26 Å².